The molecule has 0 heterocycles. The smallest absolute Gasteiger partial charge is 0.404 e. The van der Waals surface area contributed by atoms with E-state index in [-0.39, 0.29) is 0 Å². The minimum Gasteiger partial charge on any atom is -0.481 e. The van der Waals surface area contributed by atoms with E-state index in [1.165, 1.54) is 6.92 Å². The van der Waals surface area contributed by atoms with Crippen LogP contribution in [-0.2, 0) is 9.53 Å². The van der Waals surface area contributed by atoms with E-state index in [1.807, 2.05) is 5.92 Å². The fourth-order valence-corrected chi connectivity index (χ4v) is 0.594. The maximum atomic E-state index is 12.0. The van der Waals surface area contributed by atoms with Gasteiger partial charge in [-0.1, -0.05) is 5.92 Å². The van der Waals surface area contributed by atoms with Gasteiger partial charge in [-0.3, -0.25) is 4.79 Å². The van der Waals surface area contributed by atoms with Gasteiger partial charge in [0.15, 0.2) is 5.92 Å². The SMILES string of the molecule is C#CC(C)OCC(C(=O)O)C(F)(F)F. The Morgan fingerprint density at radius 1 is 1.64 bits per heavy atom. The second-order valence-electron chi connectivity index (χ2n) is 2.57. The van der Waals surface area contributed by atoms with Gasteiger partial charge in [0.2, 0.25) is 0 Å². The molecule has 6 heteroatoms. The van der Waals surface area contributed by atoms with Crippen molar-refractivity contribution in [3.63, 3.8) is 0 Å². The fraction of sp³-hybridized carbons (Fsp3) is 0.625. The monoisotopic (exact) mass is 210 g/mol. The Kier molecular flexibility index (Phi) is 4.44. The lowest BCUT2D eigenvalue weighted by molar-refractivity contribution is -0.203. The molecule has 14 heavy (non-hydrogen) atoms. The van der Waals surface area contributed by atoms with Gasteiger partial charge < -0.3 is 9.84 Å². The molecule has 0 bridgehead atoms. The number of rotatable bonds is 4. The van der Waals surface area contributed by atoms with E-state index in [2.05, 4.69) is 4.74 Å². The molecule has 2 unspecified atom stereocenters. The van der Waals surface area contributed by atoms with Crippen molar-refractivity contribution in [1.29, 1.82) is 0 Å². The van der Waals surface area contributed by atoms with Crippen molar-refractivity contribution in [2.75, 3.05) is 6.61 Å². The minimum atomic E-state index is -4.82. The van der Waals surface area contributed by atoms with E-state index in [9.17, 15) is 18.0 Å². The molecule has 1 N–H and O–H groups in total. The summed E-state index contributed by atoms with van der Waals surface area (Å²) in [7, 11) is 0. The second kappa shape index (κ2) is 4.86. The van der Waals surface area contributed by atoms with Crippen LogP contribution in [0.3, 0.4) is 0 Å². The summed E-state index contributed by atoms with van der Waals surface area (Å²) in [6.07, 6.45) is -0.814. The van der Waals surface area contributed by atoms with Crippen LogP contribution in [-0.4, -0.2) is 30.0 Å². The third-order valence-corrected chi connectivity index (χ3v) is 1.44. The number of carboxylic acid groups (broad SMARTS) is 1. The van der Waals surface area contributed by atoms with Crippen molar-refractivity contribution < 1.29 is 27.8 Å². The summed E-state index contributed by atoms with van der Waals surface area (Å²) in [4.78, 5) is 10.2. The summed E-state index contributed by atoms with van der Waals surface area (Å²) in [5.41, 5.74) is 0. The van der Waals surface area contributed by atoms with Crippen molar-refractivity contribution in [2.45, 2.75) is 19.2 Å². The van der Waals surface area contributed by atoms with Crippen LogP contribution in [0, 0.1) is 18.3 Å². The van der Waals surface area contributed by atoms with E-state index in [0.717, 1.165) is 0 Å². The average molecular weight is 210 g/mol. The predicted molar refractivity (Wildman–Crippen MR) is 41.4 cm³/mol. The van der Waals surface area contributed by atoms with Gasteiger partial charge in [0.25, 0.3) is 0 Å². The first kappa shape index (κ1) is 12.8. The standard InChI is InChI=1S/C8H9F3O3/c1-3-5(2)14-4-6(7(12)13)8(9,10)11/h1,5-6H,4H2,2H3,(H,12,13). The second-order valence-corrected chi connectivity index (χ2v) is 2.57. The highest BCUT2D eigenvalue weighted by Gasteiger charge is 2.45. The number of hydrogen-bond acceptors (Lipinski definition) is 2. The molecule has 0 amide bonds. The molecule has 0 aromatic heterocycles. The van der Waals surface area contributed by atoms with Crippen LogP contribution in [0.25, 0.3) is 0 Å². The van der Waals surface area contributed by atoms with Crippen molar-refractivity contribution in [3.8, 4) is 12.3 Å². The molecule has 0 spiro atoms. The van der Waals surface area contributed by atoms with Crippen molar-refractivity contribution in [2.24, 2.45) is 5.92 Å². The summed E-state index contributed by atoms with van der Waals surface area (Å²) >= 11 is 0. The molecular weight excluding hydrogens is 201 g/mol. The Hall–Kier alpha value is -1.22. The van der Waals surface area contributed by atoms with Gasteiger partial charge in [0, 0.05) is 0 Å². The number of halogens is 3. The molecule has 0 saturated heterocycles. The van der Waals surface area contributed by atoms with Gasteiger partial charge in [-0.25, -0.2) is 0 Å². The van der Waals surface area contributed by atoms with Crippen LogP contribution in [0.4, 0.5) is 13.2 Å². The first-order valence-electron chi connectivity index (χ1n) is 3.66. The van der Waals surface area contributed by atoms with Crippen molar-refractivity contribution in [1.82, 2.24) is 0 Å². The Morgan fingerprint density at radius 2 is 2.14 bits per heavy atom. The van der Waals surface area contributed by atoms with E-state index in [0.29, 0.717) is 0 Å². The van der Waals surface area contributed by atoms with Crippen LogP contribution < -0.4 is 0 Å². The number of carbonyl (C=O) groups is 1. The maximum Gasteiger partial charge on any atom is 0.404 e. The highest BCUT2D eigenvalue weighted by atomic mass is 19.4. The van der Waals surface area contributed by atoms with Crippen LogP contribution in [0.1, 0.15) is 6.92 Å². The number of alkyl halides is 3. The fourth-order valence-electron chi connectivity index (χ4n) is 0.594. The van der Waals surface area contributed by atoms with Gasteiger partial charge in [-0.2, -0.15) is 13.2 Å². The number of aliphatic carboxylic acids is 1. The Labute approximate surface area is 78.9 Å². The molecule has 0 rings (SSSR count). The highest BCUT2D eigenvalue weighted by molar-refractivity contribution is 5.71. The summed E-state index contributed by atoms with van der Waals surface area (Å²) in [5.74, 6) is -2.47. The van der Waals surface area contributed by atoms with Crippen molar-refractivity contribution in [3.05, 3.63) is 0 Å². The lowest BCUT2D eigenvalue weighted by Gasteiger charge is -2.16. The molecule has 80 valence electrons. The summed E-state index contributed by atoms with van der Waals surface area (Å²) < 4.78 is 40.5. The minimum absolute atomic E-state index is 0.834. The van der Waals surface area contributed by atoms with E-state index in [1.54, 1.807) is 0 Å². The molecule has 0 aromatic rings. The Balaban J connectivity index is 4.28. The highest BCUT2D eigenvalue weighted by Crippen LogP contribution is 2.26. The molecular formula is C8H9F3O3. The topological polar surface area (TPSA) is 46.5 Å². The lowest BCUT2D eigenvalue weighted by atomic mass is 10.1. The quantitative estimate of drug-likeness (QED) is 0.711. The zero-order valence-electron chi connectivity index (χ0n) is 7.34. The van der Waals surface area contributed by atoms with Gasteiger partial charge in [0.1, 0.15) is 6.10 Å². The lowest BCUT2D eigenvalue weighted by Crippen LogP contribution is -2.35. The van der Waals surface area contributed by atoms with Crippen LogP contribution in [0.5, 0.6) is 0 Å². The third-order valence-electron chi connectivity index (χ3n) is 1.44. The average Bonchev–Trinajstić information content (AvgIpc) is 2.01. The van der Waals surface area contributed by atoms with E-state index in [4.69, 9.17) is 11.5 Å². The molecule has 3 nitrogen and oxygen atoms in total. The molecule has 2 atom stereocenters. The van der Waals surface area contributed by atoms with E-state index >= 15 is 0 Å². The van der Waals surface area contributed by atoms with Crippen molar-refractivity contribution >= 4 is 5.97 Å². The third kappa shape index (κ3) is 4.14. The molecule has 0 aliphatic heterocycles. The predicted octanol–water partition coefficient (Wildman–Crippen LogP) is 1.29. The maximum absolute atomic E-state index is 12.0. The van der Waals surface area contributed by atoms with Gasteiger partial charge in [0.05, 0.1) is 6.61 Å². The van der Waals surface area contributed by atoms with Gasteiger partial charge in [-0.05, 0) is 6.92 Å². The normalized spacial score (nSPS) is 15.6. The number of terminal acetylenes is 1. The zero-order valence-corrected chi connectivity index (χ0v) is 7.34. The molecule has 0 aliphatic rings. The van der Waals surface area contributed by atoms with Crippen LogP contribution in [0.2, 0.25) is 0 Å². The summed E-state index contributed by atoms with van der Waals surface area (Å²) in [6.45, 7) is 0.388. The Morgan fingerprint density at radius 3 is 2.43 bits per heavy atom. The zero-order chi connectivity index (χ0) is 11.4. The summed E-state index contributed by atoms with van der Waals surface area (Å²) in [5, 5.41) is 8.24. The van der Waals surface area contributed by atoms with E-state index < -0.39 is 30.8 Å². The molecule has 0 aliphatic carbocycles. The van der Waals surface area contributed by atoms with Gasteiger partial charge >= 0.3 is 12.1 Å². The molecule has 0 fully saturated rings. The first-order valence-corrected chi connectivity index (χ1v) is 3.66. The molecule has 0 aromatic carbocycles. The first-order chi connectivity index (χ1) is 6.29. The molecule has 0 radical (unpaired) electrons. The van der Waals surface area contributed by atoms with Gasteiger partial charge in [-0.15, -0.1) is 6.42 Å². The number of carboxylic acids is 1. The van der Waals surface area contributed by atoms with Crippen LogP contribution >= 0.6 is 0 Å². The summed E-state index contributed by atoms with van der Waals surface area (Å²) in [6, 6.07) is 0. The number of hydrogen-bond donors (Lipinski definition) is 1. The molecule has 0 saturated carbocycles. The Bertz CT molecular complexity index is 241. The van der Waals surface area contributed by atoms with Crippen LogP contribution in [0.15, 0.2) is 0 Å². The largest absolute Gasteiger partial charge is 0.481 e. The number of ether oxygens (including phenoxy) is 1.